The summed E-state index contributed by atoms with van der Waals surface area (Å²) in [7, 11) is 1.14. The SMILES string of the molecule is CCCCC/C=C\C/C=C\C/C=C\C/C=C\CCCCCC(=O)O[C@H](COC(=O)CCCCCCCCCCCCCCC)COP(=O)([O-])OCC[N+](C)(C)C. The number of allylic oxidation sites excluding steroid dienone is 8. The number of ether oxygens (including phenoxy) is 2. The minimum atomic E-state index is -4.63. The molecule has 0 aromatic carbocycles. The van der Waals surface area contributed by atoms with Crippen molar-refractivity contribution in [3.05, 3.63) is 48.6 Å². The minimum Gasteiger partial charge on any atom is -0.756 e. The standard InChI is InChI=1S/C46H84NO8P/c1-6-8-10-12-14-16-18-20-21-22-23-24-25-27-29-31-33-35-37-39-46(49)55-44(43-54-56(50,51)53-41-40-47(3,4)5)42-52-45(48)38-36-34-32-30-28-26-19-17-15-13-11-9-7-2/h14,16,20-21,23-24,27,29,44H,6-13,15,17-19,22,25-26,28,30-43H2,1-5H3/b16-14-,21-20-,24-23-,29-27-/t44-/m1/s1. The molecule has 0 aliphatic rings. The molecule has 0 aromatic heterocycles. The van der Waals surface area contributed by atoms with Crippen LogP contribution in [0.2, 0.25) is 0 Å². The van der Waals surface area contributed by atoms with Crippen LogP contribution in [0.1, 0.15) is 181 Å². The third-order valence-electron chi connectivity index (χ3n) is 9.35. The average Bonchev–Trinajstić information content (AvgIpc) is 3.15. The van der Waals surface area contributed by atoms with Crippen molar-refractivity contribution in [1.29, 1.82) is 0 Å². The number of phosphoric acid groups is 1. The zero-order valence-electron chi connectivity index (χ0n) is 36.6. The van der Waals surface area contributed by atoms with E-state index in [0.29, 0.717) is 17.4 Å². The molecule has 0 N–H and O–H groups in total. The van der Waals surface area contributed by atoms with Gasteiger partial charge >= 0.3 is 11.9 Å². The maximum absolute atomic E-state index is 12.7. The summed E-state index contributed by atoms with van der Waals surface area (Å²) < 4.78 is 33.9. The van der Waals surface area contributed by atoms with Crippen LogP contribution < -0.4 is 4.89 Å². The first-order valence-corrected chi connectivity index (χ1v) is 23.8. The fourth-order valence-corrected chi connectivity index (χ4v) is 6.54. The highest BCUT2D eigenvalue weighted by Gasteiger charge is 2.21. The van der Waals surface area contributed by atoms with Crippen molar-refractivity contribution < 1.29 is 42.1 Å². The first-order valence-electron chi connectivity index (χ1n) is 22.3. The van der Waals surface area contributed by atoms with E-state index < -0.39 is 32.5 Å². The summed E-state index contributed by atoms with van der Waals surface area (Å²) in [5.41, 5.74) is 0. The van der Waals surface area contributed by atoms with Crippen molar-refractivity contribution >= 4 is 19.8 Å². The fourth-order valence-electron chi connectivity index (χ4n) is 5.81. The van der Waals surface area contributed by atoms with Crippen molar-refractivity contribution in [3.63, 3.8) is 0 Å². The molecule has 0 spiro atoms. The number of unbranched alkanes of at least 4 members (excludes halogenated alkanes) is 18. The van der Waals surface area contributed by atoms with Crippen LogP contribution in [0, 0.1) is 0 Å². The molecule has 9 nitrogen and oxygen atoms in total. The van der Waals surface area contributed by atoms with Crippen LogP contribution in [0.3, 0.4) is 0 Å². The predicted molar refractivity (Wildman–Crippen MR) is 231 cm³/mol. The van der Waals surface area contributed by atoms with Gasteiger partial charge in [-0.05, 0) is 57.8 Å². The molecule has 326 valence electrons. The van der Waals surface area contributed by atoms with E-state index in [4.69, 9.17) is 18.5 Å². The van der Waals surface area contributed by atoms with Crippen molar-refractivity contribution in [2.45, 2.75) is 187 Å². The zero-order valence-corrected chi connectivity index (χ0v) is 37.5. The molecule has 0 saturated carbocycles. The number of rotatable bonds is 40. The summed E-state index contributed by atoms with van der Waals surface area (Å²) >= 11 is 0. The van der Waals surface area contributed by atoms with Crippen molar-refractivity contribution in [2.24, 2.45) is 0 Å². The van der Waals surface area contributed by atoms with Crippen LogP contribution in [-0.2, 0) is 32.7 Å². The molecule has 0 saturated heterocycles. The van der Waals surface area contributed by atoms with Gasteiger partial charge in [-0.25, -0.2) is 0 Å². The van der Waals surface area contributed by atoms with Crippen molar-refractivity contribution in [3.8, 4) is 0 Å². The molecule has 0 bridgehead atoms. The highest BCUT2D eigenvalue weighted by atomic mass is 31.2. The van der Waals surface area contributed by atoms with Gasteiger partial charge < -0.3 is 27.9 Å². The van der Waals surface area contributed by atoms with Crippen LogP contribution in [0.4, 0.5) is 0 Å². The molecular weight excluding hydrogens is 725 g/mol. The Balaban J connectivity index is 4.42. The number of nitrogens with zero attached hydrogens (tertiary/aromatic N) is 1. The van der Waals surface area contributed by atoms with Gasteiger partial charge in [-0.1, -0.05) is 159 Å². The second kappa shape index (κ2) is 38.5. The summed E-state index contributed by atoms with van der Waals surface area (Å²) in [5.74, 6) is -0.869. The van der Waals surface area contributed by atoms with Crippen molar-refractivity contribution in [1.82, 2.24) is 0 Å². The van der Waals surface area contributed by atoms with Gasteiger partial charge in [0, 0.05) is 12.8 Å². The normalized spacial score (nSPS) is 14.0. The van der Waals surface area contributed by atoms with E-state index in [2.05, 4.69) is 62.5 Å². The van der Waals surface area contributed by atoms with E-state index >= 15 is 0 Å². The quantitative estimate of drug-likeness (QED) is 0.0198. The molecule has 56 heavy (non-hydrogen) atoms. The maximum atomic E-state index is 12.7. The Labute approximate surface area is 343 Å². The third kappa shape index (κ3) is 41.6. The summed E-state index contributed by atoms with van der Waals surface area (Å²) in [6.07, 6.45) is 44.2. The first-order chi connectivity index (χ1) is 27.0. The number of phosphoric ester groups is 1. The Hall–Kier alpha value is -2.03. The number of hydrogen-bond donors (Lipinski definition) is 0. The molecule has 2 atom stereocenters. The van der Waals surface area contributed by atoms with Gasteiger partial charge in [0.15, 0.2) is 6.10 Å². The van der Waals surface area contributed by atoms with Gasteiger partial charge in [0.25, 0.3) is 7.82 Å². The van der Waals surface area contributed by atoms with Crippen molar-refractivity contribution in [2.75, 3.05) is 47.5 Å². The van der Waals surface area contributed by atoms with E-state index in [1.165, 1.54) is 89.9 Å². The zero-order chi connectivity index (χ0) is 41.4. The Morgan fingerprint density at radius 3 is 1.46 bits per heavy atom. The van der Waals surface area contributed by atoms with E-state index in [1.807, 2.05) is 21.1 Å². The lowest BCUT2D eigenvalue weighted by molar-refractivity contribution is -0.870. The molecule has 10 heteroatoms. The smallest absolute Gasteiger partial charge is 0.306 e. The van der Waals surface area contributed by atoms with E-state index in [1.54, 1.807) is 0 Å². The largest absolute Gasteiger partial charge is 0.756 e. The molecule has 0 aliphatic carbocycles. The lowest BCUT2D eigenvalue weighted by atomic mass is 10.0. The van der Waals surface area contributed by atoms with Crippen LogP contribution >= 0.6 is 7.82 Å². The van der Waals surface area contributed by atoms with Crippen LogP contribution in [0.25, 0.3) is 0 Å². The molecule has 0 aliphatic heterocycles. The lowest BCUT2D eigenvalue weighted by Gasteiger charge is -2.28. The fraction of sp³-hybridized carbons (Fsp3) is 0.783. The number of likely N-dealkylation sites (N-methyl/N-ethyl adjacent to an activating group) is 1. The van der Waals surface area contributed by atoms with Crippen LogP contribution in [-0.4, -0.2) is 70.0 Å². The summed E-state index contributed by atoms with van der Waals surface area (Å²) in [6.45, 7) is 4.16. The third-order valence-corrected chi connectivity index (χ3v) is 10.3. The van der Waals surface area contributed by atoms with E-state index in [0.717, 1.165) is 57.8 Å². The Morgan fingerprint density at radius 2 is 0.964 bits per heavy atom. The first kappa shape index (κ1) is 54.0. The van der Waals surface area contributed by atoms with Gasteiger partial charge in [-0.3, -0.25) is 14.2 Å². The molecule has 0 amide bonds. The van der Waals surface area contributed by atoms with Crippen LogP contribution in [0.15, 0.2) is 48.6 Å². The highest BCUT2D eigenvalue weighted by molar-refractivity contribution is 7.45. The molecule has 0 aromatic rings. The highest BCUT2D eigenvalue weighted by Crippen LogP contribution is 2.38. The van der Waals surface area contributed by atoms with Gasteiger partial charge in [0.2, 0.25) is 0 Å². The minimum absolute atomic E-state index is 0.0378. The number of quaternary nitrogens is 1. The van der Waals surface area contributed by atoms with Crippen LogP contribution in [0.5, 0.6) is 0 Å². The molecule has 0 fully saturated rings. The number of esters is 2. The number of carbonyl (C=O) groups excluding carboxylic acids is 2. The Morgan fingerprint density at radius 1 is 0.554 bits per heavy atom. The van der Waals surface area contributed by atoms with Gasteiger partial charge in [-0.2, -0.15) is 0 Å². The second-order valence-electron chi connectivity index (χ2n) is 16.1. The monoisotopic (exact) mass is 810 g/mol. The summed E-state index contributed by atoms with van der Waals surface area (Å²) in [6, 6.07) is 0. The predicted octanol–water partition coefficient (Wildman–Crippen LogP) is 12.1. The lowest BCUT2D eigenvalue weighted by Crippen LogP contribution is -2.37. The average molecular weight is 810 g/mol. The van der Waals surface area contributed by atoms with Gasteiger partial charge in [0.05, 0.1) is 27.7 Å². The number of hydrogen-bond acceptors (Lipinski definition) is 8. The molecule has 0 radical (unpaired) electrons. The molecule has 0 rings (SSSR count). The Kier molecular flexibility index (Phi) is 37.1. The maximum Gasteiger partial charge on any atom is 0.306 e. The van der Waals surface area contributed by atoms with E-state index in [9.17, 15) is 19.0 Å². The Bertz CT molecular complexity index is 1100. The second-order valence-corrected chi connectivity index (χ2v) is 17.5. The van der Waals surface area contributed by atoms with Gasteiger partial charge in [0.1, 0.15) is 19.8 Å². The molecule has 0 heterocycles. The van der Waals surface area contributed by atoms with Gasteiger partial charge in [-0.15, -0.1) is 0 Å². The molecular formula is C46H84NO8P. The topological polar surface area (TPSA) is 111 Å². The summed E-state index contributed by atoms with van der Waals surface area (Å²) in [5, 5.41) is 0. The summed E-state index contributed by atoms with van der Waals surface area (Å²) in [4.78, 5) is 37.5. The number of carbonyl (C=O) groups is 2. The molecule has 1 unspecified atom stereocenters. The van der Waals surface area contributed by atoms with E-state index in [-0.39, 0.29) is 26.1 Å².